The molecule has 0 amide bonds. The predicted octanol–water partition coefficient (Wildman–Crippen LogP) is 6.75. The molecule has 0 aromatic carbocycles. The zero-order chi connectivity index (χ0) is 23.8. The standard InChI is InChI=1S/C11F18/c12-3-1(2(4(13)14)5(3,15)16)6(17,18)7(19,20)8(21,22)9(23,24)10(25,26)11(27,28)29. The van der Waals surface area contributed by atoms with E-state index >= 15 is 0 Å². The van der Waals surface area contributed by atoms with Crippen molar-refractivity contribution in [2.75, 3.05) is 0 Å². The van der Waals surface area contributed by atoms with E-state index in [0.29, 0.717) is 0 Å². The van der Waals surface area contributed by atoms with Gasteiger partial charge < -0.3 is 0 Å². The molecule has 0 atom stereocenters. The number of hydrogen-bond acceptors (Lipinski definition) is 0. The zero-order valence-electron chi connectivity index (χ0n) is 12.3. The van der Waals surface area contributed by atoms with E-state index in [1.54, 1.807) is 0 Å². The minimum Gasteiger partial charge on any atom is -0.204 e. The van der Waals surface area contributed by atoms with Gasteiger partial charge in [0.25, 0.3) is 6.08 Å². The van der Waals surface area contributed by atoms with Gasteiger partial charge in [-0.05, 0) is 0 Å². The average Bonchev–Trinajstić information content (AvgIpc) is 2.48. The van der Waals surface area contributed by atoms with Crippen LogP contribution in [0.5, 0.6) is 0 Å². The minimum atomic E-state index is -8.43. The van der Waals surface area contributed by atoms with Gasteiger partial charge in [0.15, 0.2) is 5.83 Å². The molecule has 0 saturated carbocycles. The summed E-state index contributed by atoms with van der Waals surface area (Å²) in [7, 11) is 0. The molecule has 0 spiro atoms. The molecule has 0 unspecified atom stereocenters. The highest BCUT2D eigenvalue weighted by Crippen LogP contribution is 2.65. The molecule has 29 heavy (non-hydrogen) atoms. The SMILES string of the molecule is FC(F)=C1C(C(F)(F)C(F)(F)C(F)(F)C(F)(F)C(F)(F)C(F)(F)F)=C(F)C1(F)F. The Morgan fingerprint density at radius 1 is 0.586 bits per heavy atom. The molecule has 0 bridgehead atoms. The van der Waals surface area contributed by atoms with Crippen molar-refractivity contribution in [2.24, 2.45) is 0 Å². The maximum atomic E-state index is 13.5. The summed E-state index contributed by atoms with van der Waals surface area (Å²) in [6.45, 7) is 0. The van der Waals surface area contributed by atoms with Crippen LogP contribution in [0.4, 0.5) is 79.0 Å². The van der Waals surface area contributed by atoms with Crippen LogP contribution >= 0.6 is 0 Å². The number of alkyl halides is 15. The van der Waals surface area contributed by atoms with Crippen molar-refractivity contribution in [1.29, 1.82) is 0 Å². The lowest BCUT2D eigenvalue weighted by Gasteiger charge is -2.42. The largest absolute Gasteiger partial charge is 0.460 e. The Bertz CT molecular complexity index is 742. The second kappa shape index (κ2) is 6.12. The van der Waals surface area contributed by atoms with Crippen LogP contribution in [0.2, 0.25) is 0 Å². The van der Waals surface area contributed by atoms with E-state index in [1.165, 1.54) is 0 Å². The molecule has 1 aliphatic carbocycles. The first-order chi connectivity index (χ1) is 12.3. The zero-order valence-corrected chi connectivity index (χ0v) is 12.3. The Balaban J connectivity index is 3.74. The van der Waals surface area contributed by atoms with Crippen molar-refractivity contribution in [3.05, 3.63) is 23.1 Å². The van der Waals surface area contributed by atoms with Gasteiger partial charge in [-0.15, -0.1) is 0 Å². The van der Waals surface area contributed by atoms with Crippen LogP contribution in [0.15, 0.2) is 23.1 Å². The van der Waals surface area contributed by atoms with Crippen molar-refractivity contribution >= 4 is 0 Å². The monoisotopic (exact) mass is 474 g/mol. The molecule has 0 nitrogen and oxygen atoms in total. The molecule has 0 N–H and O–H groups in total. The quantitative estimate of drug-likeness (QED) is 0.387. The molecule has 18 heteroatoms. The molecule has 0 saturated heterocycles. The summed E-state index contributed by atoms with van der Waals surface area (Å²) in [5, 5.41) is 0. The maximum absolute atomic E-state index is 13.5. The predicted molar refractivity (Wildman–Crippen MR) is 53.1 cm³/mol. The van der Waals surface area contributed by atoms with Gasteiger partial charge in [0, 0.05) is 0 Å². The van der Waals surface area contributed by atoms with E-state index in [-0.39, 0.29) is 0 Å². The number of halogens is 18. The normalized spacial score (nSPS) is 19.4. The molecule has 1 aliphatic rings. The Morgan fingerprint density at radius 3 is 1.24 bits per heavy atom. The van der Waals surface area contributed by atoms with Crippen molar-refractivity contribution in [3.63, 3.8) is 0 Å². The van der Waals surface area contributed by atoms with Gasteiger partial charge in [-0.25, -0.2) is 4.39 Å². The first-order valence-corrected chi connectivity index (χ1v) is 6.15. The van der Waals surface area contributed by atoms with Crippen LogP contribution in [0.3, 0.4) is 0 Å². The van der Waals surface area contributed by atoms with Gasteiger partial charge in [-0.3, -0.25) is 0 Å². The maximum Gasteiger partial charge on any atom is 0.460 e. The second-order valence-electron chi connectivity index (χ2n) is 5.27. The number of hydrogen-bond donors (Lipinski definition) is 0. The van der Waals surface area contributed by atoms with Crippen molar-refractivity contribution in [2.45, 2.75) is 41.7 Å². The van der Waals surface area contributed by atoms with Gasteiger partial charge in [0.1, 0.15) is 5.57 Å². The van der Waals surface area contributed by atoms with E-state index in [2.05, 4.69) is 0 Å². The van der Waals surface area contributed by atoms with Crippen LogP contribution < -0.4 is 0 Å². The Morgan fingerprint density at radius 2 is 0.931 bits per heavy atom. The van der Waals surface area contributed by atoms with Crippen LogP contribution in [0.1, 0.15) is 0 Å². The van der Waals surface area contributed by atoms with E-state index in [1.807, 2.05) is 0 Å². The highest BCUT2D eigenvalue weighted by atomic mass is 19.4. The Kier molecular flexibility index (Phi) is 5.33. The third-order valence-corrected chi connectivity index (χ3v) is 3.50. The summed E-state index contributed by atoms with van der Waals surface area (Å²) in [6.07, 6.45) is -11.8. The lowest BCUT2D eigenvalue weighted by molar-refractivity contribution is -0.437. The number of rotatable bonds is 5. The summed E-state index contributed by atoms with van der Waals surface area (Å²) >= 11 is 0. The molecule has 0 aromatic heterocycles. The summed E-state index contributed by atoms with van der Waals surface area (Å²) in [5.74, 6) is -50.4. The van der Waals surface area contributed by atoms with Gasteiger partial charge in [0.05, 0.1) is 5.57 Å². The number of allylic oxidation sites excluding steroid dienone is 3. The van der Waals surface area contributed by atoms with Crippen molar-refractivity contribution in [3.8, 4) is 0 Å². The smallest absolute Gasteiger partial charge is 0.204 e. The fourth-order valence-electron chi connectivity index (χ4n) is 1.91. The molecule has 0 fully saturated rings. The van der Waals surface area contributed by atoms with Crippen LogP contribution in [0.25, 0.3) is 0 Å². The van der Waals surface area contributed by atoms with Gasteiger partial charge in [0.2, 0.25) is 0 Å². The topological polar surface area (TPSA) is 0 Å². The molecule has 170 valence electrons. The van der Waals surface area contributed by atoms with Crippen molar-refractivity contribution in [1.82, 2.24) is 0 Å². The molecule has 0 aliphatic heterocycles. The molecule has 0 heterocycles. The van der Waals surface area contributed by atoms with Crippen LogP contribution in [0, 0.1) is 0 Å². The van der Waals surface area contributed by atoms with Crippen molar-refractivity contribution < 1.29 is 79.0 Å². The summed E-state index contributed by atoms with van der Waals surface area (Å²) in [6, 6.07) is 0. The summed E-state index contributed by atoms with van der Waals surface area (Å²) in [4.78, 5) is 0. The Hall–Kier alpha value is -1.78. The third-order valence-electron chi connectivity index (χ3n) is 3.50. The highest BCUT2D eigenvalue weighted by Gasteiger charge is 2.92. The first-order valence-electron chi connectivity index (χ1n) is 6.15. The lowest BCUT2D eigenvalue weighted by Crippen LogP contribution is -2.71. The van der Waals surface area contributed by atoms with Gasteiger partial charge >= 0.3 is 41.7 Å². The lowest BCUT2D eigenvalue weighted by atomic mass is 9.78. The van der Waals surface area contributed by atoms with Crippen LogP contribution in [-0.2, 0) is 0 Å². The molecular weight excluding hydrogens is 474 g/mol. The Labute approximate surface area is 145 Å². The van der Waals surface area contributed by atoms with E-state index in [9.17, 15) is 79.0 Å². The average molecular weight is 474 g/mol. The van der Waals surface area contributed by atoms with E-state index < -0.39 is 64.8 Å². The fourth-order valence-corrected chi connectivity index (χ4v) is 1.91. The molecule has 1 rings (SSSR count). The third kappa shape index (κ3) is 2.87. The minimum absolute atomic E-state index is 3.67. The molecular formula is C11F18. The highest BCUT2D eigenvalue weighted by molar-refractivity contribution is 5.59. The summed E-state index contributed by atoms with van der Waals surface area (Å²) in [5.41, 5.74) is -7.64. The van der Waals surface area contributed by atoms with Crippen LogP contribution in [-0.4, -0.2) is 41.7 Å². The second-order valence-corrected chi connectivity index (χ2v) is 5.27. The van der Waals surface area contributed by atoms with Gasteiger partial charge in [-0.2, -0.15) is 74.6 Å². The van der Waals surface area contributed by atoms with E-state index in [0.717, 1.165) is 0 Å². The molecule has 0 aromatic rings. The summed E-state index contributed by atoms with van der Waals surface area (Å²) < 4.78 is 229. The molecule has 0 radical (unpaired) electrons. The van der Waals surface area contributed by atoms with Gasteiger partial charge in [-0.1, -0.05) is 0 Å². The van der Waals surface area contributed by atoms with E-state index in [4.69, 9.17) is 0 Å². The fraction of sp³-hybridized carbons (Fsp3) is 0.636. The first kappa shape index (κ1) is 25.3.